The molecule has 30 heavy (non-hydrogen) atoms. The lowest BCUT2D eigenvalue weighted by Crippen LogP contribution is -2.25. The van der Waals surface area contributed by atoms with Crippen molar-refractivity contribution in [2.45, 2.75) is 24.3 Å². The van der Waals surface area contributed by atoms with Gasteiger partial charge in [0.25, 0.3) is 5.56 Å². The molecule has 0 saturated heterocycles. The van der Waals surface area contributed by atoms with Crippen LogP contribution in [0.5, 0.6) is 0 Å². The summed E-state index contributed by atoms with van der Waals surface area (Å²) in [5, 5.41) is 10.5. The maximum absolute atomic E-state index is 12.9. The van der Waals surface area contributed by atoms with E-state index in [0.29, 0.717) is 5.56 Å². The van der Waals surface area contributed by atoms with Gasteiger partial charge < -0.3 is 10.3 Å². The number of halogens is 1. The van der Waals surface area contributed by atoms with E-state index in [1.165, 1.54) is 36.4 Å². The first-order valence-corrected chi connectivity index (χ1v) is 10.9. The van der Waals surface area contributed by atoms with Gasteiger partial charge in [0.15, 0.2) is 15.7 Å². The van der Waals surface area contributed by atoms with Crippen LogP contribution in [0.1, 0.15) is 17.7 Å². The first kappa shape index (κ1) is 21.3. The summed E-state index contributed by atoms with van der Waals surface area (Å²) in [7, 11) is -3.32. The fourth-order valence-corrected chi connectivity index (χ4v) is 3.27. The summed E-state index contributed by atoms with van der Waals surface area (Å²) < 4.78 is 35.9. The molecular formula is C20H19FN4O4S. The molecule has 3 aromatic rings. The average molecular weight is 430 g/mol. The first-order chi connectivity index (χ1) is 14.2. The number of hydrogen-bond acceptors (Lipinski definition) is 6. The highest BCUT2D eigenvalue weighted by atomic mass is 32.2. The number of nitrogens with one attached hydrogen (secondary N) is 2. The van der Waals surface area contributed by atoms with E-state index in [1.807, 2.05) is 0 Å². The van der Waals surface area contributed by atoms with Crippen molar-refractivity contribution in [2.24, 2.45) is 0 Å². The second-order valence-electron chi connectivity index (χ2n) is 6.65. The first-order valence-electron chi connectivity index (χ1n) is 9.00. The molecule has 0 aliphatic rings. The molecule has 0 spiro atoms. The minimum atomic E-state index is -3.32. The van der Waals surface area contributed by atoms with Crippen LogP contribution in [0, 0.1) is 5.82 Å². The second kappa shape index (κ2) is 8.95. The number of aromatic amines is 1. The number of aryl methyl sites for hydroxylation is 1. The predicted octanol–water partition coefficient (Wildman–Crippen LogP) is 1.62. The number of rotatable bonds is 7. The maximum Gasteiger partial charge on any atom is 0.273 e. The van der Waals surface area contributed by atoms with Gasteiger partial charge in [0, 0.05) is 31.2 Å². The van der Waals surface area contributed by atoms with E-state index in [1.54, 1.807) is 12.1 Å². The molecule has 0 fully saturated rings. The van der Waals surface area contributed by atoms with Gasteiger partial charge in [0.2, 0.25) is 5.91 Å². The minimum Gasteiger partial charge on any atom is -0.352 e. The monoisotopic (exact) mass is 430 g/mol. The number of nitrogens with zero attached hydrogens (tertiary/aromatic N) is 2. The van der Waals surface area contributed by atoms with E-state index in [4.69, 9.17) is 0 Å². The van der Waals surface area contributed by atoms with Gasteiger partial charge in [-0.2, -0.15) is 0 Å². The van der Waals surface area contributed by atoms with Crippen LogP contribution in [0.25, 0.3) is 11.4 Å². The molecule has 3 rings (SSSR count). The van der Waals surface area contributed by atoms with Crippen molar-refractivity contribution >= 4 is 15.7 Å². The van der Waals surface area contributed by atoms with Gasteiger partial charge in [0.05, 0.1) is 4.90 Å². The number of sulfone groups is 1. The Hall–Kier alpha value is -3.40. The number of benzene rings is 2. The quantitative estimate of drug-likeness (QED) is 0.587. The summed E-state index contributed by atoms with van der Waals surface area (Å²) >= 11 is 0. The molecule has 0 atom stereocenters. The molecule has 156 valence electrons. The van der Waals surface area contributed by atoms with Crippen LogP contribution in [0.3, 0.4) is 0 Å². The van der Waals surface area contributed by atoms with Crippen LogP contribution in [-0.4, -0.2) is 35.8 Å². The van der Waals surface area contributed by atoms with E-state index in [2.05, 4.69) is 20.5 Å². The Labute approximate surface area is 172 Å². The van der Waals surface area contributed by atoms with E-state index < -0.39 is 15.4 Å². The molecule has 2 N–H and O–H groups in total. The van der Waals surface area contributed by atoms with Gasteiger partial charge in [-0.3, -0.25) is 9.59 Å². The molecule has 10 heteroatoms. The lowest BCUT2D eigenvalue weighted by Gasteiger charge is -2.06. The smallest absolute Gasteiger partial charge is 0.273 e. The Morgan fingerprint density at radius 1 is 1.07 bits per heavy atom. The fourth-order valence-electron chi connectivity index (χ4n) is 2.64. The summed E-state index contributed by atoms with van der Waals surface area (Å²) in [6.07, 6.45) is 1.25. The van der Waals surface area contributed by atoms with Crippen molar-refractivity contribution in [1.82, 2.24) is 20.5 Å². The molecule has 8 nitrogen and oxygen atoms in total. The zero-order valence-corrected chi connectivity index (χ0v) is 16.9. The molecule has 1 heterocycles. The Morgan fingerprint density at radius 2 is 1.73 bits per heavy atom. The van der Waals surface area contributed by atoms with Crippen LogP contribution in [0.2, 0.25) is 0 Å². The van der Waals surface area contributed by atoms with Gasteiger partial charge in [-0.1, -0.05) is 12.1 Å². The van der Waals surface area contributed by atoms with E-state index in [9.17, 15) is 22.4 Å². The molecule has 0 saturated carbocycles. The Morgan fingerprint density at radius 3 is 2.33 bits per heavy atom. The van der Waals surface area contributed by atoms with Crippen molar-refractivity contribution in [3.63, 3.8) is 0 Å². The van der Waals surface area contributed by atoms with Crippen molar-refractivity contribution in [1.29, 1.82) is 0 Å². The molecule has 0 bridgehead atoms. The maximum atomic E-state index is 12.9. The highest BCUT2D eigenvalue weighted by Gasteiger charge is 2.11. The largest absolute Gasteiger partial charge is 0.352 e. The molecule has 1 amide bonds. The molecule has 0 aliphatic carbocycles. The number of carbonyl (C=O) groups is 1. The Kier molecular flexibility index (Phi) is 6.36. The zero-order chi connectivity index (χ0) is 21.7. The number of H-pyrrole nitrogens is 1. The Bertz CT molecular complexity index is 1210. The molecule has 0 aliphatic heterocycles. The summed E-state index contributed by atoms with van der Waals surface area (Å²) in [5.74, 6) is -0.428. The third kappa shape index (κ3) is 5.57. The minimum absolute atomic E-state index is 0.0430. The van der Waals surface area contributed by atoms with Gasteiger partial charge in [-0.15, -0.1) is 10.2 Å². The highest BCUT2D eigenvalue weighted by molar-refractivity contribution is 7.90. The molecule has 0 radical (unpaired) electrons. The Balaban J connectivity index is 1.59. The lowest BCUT2D eigenvalue weighted by molar-refractivity contribution is -0.121. The van der Waals surface area contributed by atoms with Crippen molar-refractivity contribution in [3.05, 3.63) is 76.0 Å². The van der Waals surface area contributed by atoms with Crippen molar-refractivity contribution < 1.29 is 17.6 Å². The van der Waals surface area contributed by atoms with Crippen LogP contribution >= 0.6 is 0 Å². The van der Waals surface area contributed by atoms with E-state index in [-0.39, 0.29) is 47.5 Å². The van der Waals surface area contributed by atoms with Crippen LogP contribution < -0.4 is 10.9 Å². The average Bonchev–Trinajstić information content (AvgIpc) is 2.72. The summed E-state index contributed by atoms with van der Waals surface area (Å²) in [6, 6.07) is 11.7. The van der Waals surface area contributed by atoms with E-state index >= 15 is 0 Å². The van der Waals surface area contributed by atoms with Crippen molar-refractivity contribution in [3.8, 4) is 11.4 Å². The van der Waals surface area contributed by atoms with E-state index in [0.717, 1.165) is 11.8 Å². The summed E-state index contributed by atoms with van der Waals surface area (Å²) in [6.45, 7) is 0.254. The van der Waals surface area contributed by atoms with Gasteiger partial charge in [0.1, 0.15) is 11.5 Å². The van der Waals surface area contributed by atoms with Gasteiger partial charge in [-0.05, 0) is 42.0 Å². The van der Waals surface area contributed by atoms with Crippen LogP contribution in [0.4, 0.5) is 4.39 Å². The SMILES string of the molecule is CS(=O)(=O)c1ccc(-c2nnc(CCC(=O)NCc3ccc(F)cc3)c(=O)[nH]2)cc1. The van der Waals surface area contributed by atoms with Crippen LogP contribution in [0.15, 0.2) is 58.2 Å². The number of carbonyl (C=O) groups excluding carboxylic acids is 1. The van der Waals surface area contributed by atoms with Crippen molar-refractivity contribution in [2.75, 3.05) is 6.26 Å². The molecule has 0 unspecified atom stereocenters. The molecular weight excluding hydrogens is 411 g/mol. The van der Waals surface area contributed by atoms with Gasteiger partial charge >= 0.3 is 0 Å². The number of aromatic nitrogens is 3. The van der Waals surface area contributed by atoms with Gasteiger partial charge in [-0.25, -0.2) is 12.8 Å². The summed E-state index contributed by atoms with van der Waals surface area (Å²) in [5.41, 5.74) is 0.909. The topological polar surface area (TPSA) is 122 Å². The third-order valence-corrected chi connectivity index (χ3v) is 5.44. The fraction of sp³-hybridized carbons (Fsp3) is 0.200. The highest BCUT2D eigenvalue weighted by Crippen LogP contribution is 2.16. The zero-order valence-electron chi connectivity index (χ0n) is 16.1. The standard InChI is InChI=1S/C20H19FN4O4S/c1-30(28,29)16-8-4-14(5-9-16)19-23-20(27)17(24-25-19)10-11-18(26)22-12-13-2-6-15(21)7-3-13/h2-9H,10-12H2,1H3,(H,22,26)(H,23,25,27). The molecule has 2 aromatic carbocycles. The third-order valence-electron chi connectivity index (χ3n) is 4.31. The number of amides is 1. The normalized spacial score (nSPS) is 11.3. The number of hydrogen-bond donors (Lipinski definition) is 2. The molecule has 1 aromatic heterocycles. The predicted molar refractivity (Wildman–Crippen MR) is 108 cm³/mol. The summed E-state index contributed by atoms with van der Waals surface area (Å²) in [4.78, 5) is 27.0. The lowest BCUT2D eigenvalue weighted by atomic mass is 10.2. The second-order valence-corrected chi connectivity index (χ2v) is 8.66. The van der Waals surface area contributed by atoms with Crippen LogP contribution in [-0.2, 0) is 27.6 Å².